The zero-order chi connectivity index (χ0) is 45.6. The largest absolute Gasteiger partial charge is 0.473 e. The van der Waals surface area contributed by atoms with Gasteiger partial charge in [-0.05, 0) is 60.7 Å². The molecule has 4 aliphatic rings. The lowest BCUT2D eigenvalue weighted by Crippen LogP contribution is -2.46. The number of aromatic nitrogens is 5. The number of nitrogens with zero attached hydrogens (tertiary/aromatic N) is 7. The maximum atomic E-state index is 15.6. The minimum atomic E-state index is -4.02. The van der Waals surface area contributed by atoms with E-state index in [4.69, 9.17) is 21.3 Å². The van der Waals surface area contributed by atoms with E-state index < -0.39 is 99.2 Å². The van der Waals surface area contributed by atoms with Crippen molar-refractivity contribution in [3.05, 3.63) is 134 Å². The molecule has 1 aliphatic heterocycles. The Balaban J connectivity index is 1.21. The van der Waals surface area contributed by atoms with Crippen molar-refractivity contribution in [3.63, 3.8) is 0 Å². The van der Waals surface area contributed by atoms with E-state index >= 15 is 13.6 Å². The molecule has 3 aliphatic carbocycles. The summed E-state index contributed by atoms with van der Waals surface area (Å²) in [7, 11) is -2.48. The summed E-state index contributed by atoms with van der Waals surface area (Å²) in [6.07, 6.45) is 0.0661. The fourth-order valence-corrected chi connectivity index (χ4v) is 9.81. The smallest absolute Gasteiger partial charge is 0.293 e. The van der Waals surface area contributed by atoms with Crippen LogP contribution in [0.1, 0.15) is 65.6 Å². The number of sulfonamides is 1. The number of amidine groups is 1. The third-order valence-electron chi connectivity index (χ3n) is 11.8. The van der Waals surface area contributed by atoms with Gasteiger partial charge in [0.1, 0.15) is 47.8 Å². The Kier molecular flexibility index (Phi) is 10.5. The van der Waals surface area contributed by atoms with Crippen molar-refractivity contribution >= 4 is 50.1 Å². The molecule has 22 heteroatoms. The highest BCUT2D eigenvalue weighted by Crippen LogP contribution is 2.68. The Bertz CT molecular complexity index is 3020. The zero-order valence-electron chi connectivity index (χ0n) is 33.9. The van der Waals surface area contributed by atoms with Gasteiger partial charge in [0.15, 0.2) is 5.65 Å². The molecule has 4 heterocycles. The third kappa shape index (κ3) is 7.51. The molecule has 0 spiro atoms. The van der Waals surface area contributed by atoms with Gasteiger partial charge in [0, 0.05) is 47.8 Å². The van der Waals surface area contributed by atoms with Gasteiger partial charge in [0.2, 0.25) is 11.8 Å². The Labute approximate surface area is 365 Å². The van der Waals surface area contributed by atoms with Crippen LogP contribution < -0.4 is 21.0 Å². The number of hydrazine groups is 1. The van der Waals surface area contributed by atoms with Crippen molar-refractivity contribution in [1.82, 2.24) is 40.1 Å². The zero-order valence-corrected chi connectivity index (χ0v) is 35.4. The number of hydrogen-bond acceptors (Lipinski definition) is 9. The topological polar surface area (TPSA) is 166 Å². The summed E-state index contributed by atoms with van der Waals surface area (Å²) in [5.74, 6) is -8.99. The summed E-state index contributed by atoms with van der Waals surface area (Å²) < 4.78 is 125. The maximum absolute atomic E-state index is 15.6. The summed E-state index contributed by atoms with van der Waals surface area (Å²) >= 11 is 6.82. The standard InChI is InChI=1S/C42H36ClF6N9O5S/c1-41-29(43)11-10-28(34(41)56(2)54-40(41)55-64(3,61)62)58-38(52-37-24(39(58)60)9-12-31(51-37)63-19-20-7-5-4-6-8-20)27(15-21-13-22(44)16-23(45)14-21)50-30(59)18-57-35-32(33(53-57)36(46)47)25-17-26(25)42(35,48)49/h4-14,16,25-27,34,36H,15,17-19H2,1-3H3,(H,50,59)(H,54,55)/t25-,26+,27-,34?,41?/m0/s1. The summed E-state index contributed by atoms with van der Waals surface area (Å²) in [5.41, 5.74) is -0.602. The number of pyridine rings is 1. The Morgan fingerprint density at radius 2 is 1.78 bits per heavy atom. The van der Waals surface area contributed by atoms with E-state index in [2.05, 4.69) is 25.2 Å². The van der Waals surface area contributed by atoms with Gasteiger partial charge in [0.05, 0.1) is 29.1 Å². The number of ether oxygens (including phenoxy) is 1. The van der Waals surface area contributed by atoms with Gasteiger partial charge in [-0.25, -0.2) is 36.0 Å². The highest BCUT2D eigenvalue weighted by Gasteiger charge is 2.67. The first-order valence-electron chi connectivity index (χ1n) is 19.7. The quantitative estimate of drug-likeness (QED) is 0.137. The number of fused-ring (bicyclic) bond motifs is 5. The molecule has 2 aromatic carbocycles. The summed E-state index contributed by atoms with van der Waals surface area (Å²) in [4.78, 5) is 38.5. The second-order valence-electron chi connectivity index (χ2n) is 16.3. The van der Waals surface area contributed by atoms with Crippen LogP contribution in [0.3, 0.4) is 0 Å². The molecule has 1 saturated heterocycles. The van der Waals surface area contributed by atoms with Gasteiger partial charge in [-0.2, -0.15) is 18.9 Å². The number of benzene rings is 2. The van der Waals surface area contributed by atoms with Crippen LogP contribution in [0.25, 0.3) is 16.7 Å². The second kappa shape index (κ2) is 15.6. The number of allylic oxidation sites excluding steroid dienone is 2. The van der Waals surface area contributed by atoms with Crippen LogP contribution in [0.4, 0.5) is 26.3 Å². The van der Waals surface area contributed by atoms with E-state index in [0.29, 0.717) is 10.7 Å². The molecule has 1 saturated carbocycles. The van der Waals surface area contributed by atoms with Crippen molar-refractivity contribution in [3.8, 4) is 5.88 Å². The van der Waals surface area contributed by atoms with Crippen molar-refractivity contribution in [2.45, 2.75) is 63.3 Å². The maximum Gasteiger partial charge on any atom is 0.293 e. The van der Waals surface area contributed by atoms with E-state index in [1.54, 1.807) is 14.0 Å². The fourth-order valence-electron chi connectivity index (χ4n) is 8.99. The van der Waals surface area contributed by atoms with E-state index in [1.807, 2.05) is 30.3 Å². The molecular weight excluding hydrogens is 892 g/mol. The number of likely N-dealkylation sites (N-methyl/N-ethyl adjacent to an activating group) is 1. The molecule has 2 N–H and O–H groups in total. The lowest BCUT2D eigenvalue weighted by atomic mass is 9.77. The molecule has 1 amide bonds. The molecular formula is C42H36ClF6N9O5S. The molecule has 9 rings (SSSR count). The minimum absolute atomic E-state index is 0.00924. The van der Waals surface area contributed by atoms with Gasteiger partial charge in [-0.3, -0.25) is 18.8 Å². The molecule has 2 unspecified atom stereocenters. The first-order chi connectivity index (χ1) is 30.2. The van der Waals surface area contributed by atoms with Gasteiger partial charge in [-0.1, -0.05) is 41.9 Å². The summed E-state index contributed by atoms with van der Waals surface area (Å²) in [5, 5.41) is 7.93. The monoisotopic (exact) mass is 927 g/mol. The molecule has 0 radical (unpaired) electrons. The Morgan fingerprint density at radius 1 is 1.06 bits per heavy atom. The number of halogens is 7. The molecule has 5 aromatic rings. The molecule has 5 atom stereocenters. The second-order valence-corrected chi connectivity index (χ2v) is 18.3. The average molecular weight is 928 g/mol. The van der Waals surface area contributed by atoms with E-state index in [1.165, 1.54) is 29.3 Å². The van der Waals surface area contributed by atoms with Crippen molar-refractivity contribution in [2.24, 2.45) is 15.7 Å². The first-order valence-corrected chi connectivity index (χ1v) is 22.0. The van der Waals surface area contributed by atoms with Crippen LogP contribution in [-0.4, -0.2) is 68.8 Å². The van der Waals surface area contributed by atoms with Crippen LogP contribution in [0.2, 0.25) is 0 Å². The molecule has 14 nitrogen and oxygen atoms in total. The van der Waals surface area contributed by atoms with Crippen molar-refractivity contribution in [2.75, 3.05) is 13.3 Å². The number of rotatable bonds is 12. The van der Waals surface area contributed by atoms with Crippen LogP contribution in [0, 0.1) is 23.0 Å². The van der Waals surface area contributed by atoms with Gasteiger partial charge < -0.3 is 15.5 Å². The summed E-state index contributed by atoms with van der Waals surface area (Å²) in [6.45, 7) is 0.673. The Morgan fingerprint density at radius 3 is 2.47 bits per heavy atom. The van der Waals surface area contributed by atoms with E-state index in [9.17, 15) is 30.8 Å². The van der Waals surface area contributed by atoms with Crippen LogP contribution in [-0.2, 0) is 40.3 Å². The van der Waals surface area contributed by atoms with Crippen LogP contribution in [0.5, 0.6) is 5.88 Å². The highest BCUT2D eigenvalue weighted by molar-refractivity contribution is 7.89. The van der Waals surface area contributed by atoms with Crippen LogP contribution in [0.15, 0.2) is 87.0 Å². The van der Waals surface area contributed by atoms with Gasteiger partial charge in [0.25, 0.3) is 27.9 Å². The molecule has 2 fully saturated rings. The number of nitrogens with one attached hydrogen (secondary N) is 2. The number of carbonyl (C=O) groups excluding carboxylic acids is 1. The minimum Gasteiger partial charge on any atom is -0.473 e. The highest BCUT2D eigenvalue weighted by atomic mass is 35.5. The number of carbonyl (C=O) groups is 1. The van der Waals surface area contributed by atoms with Gasteiger partial charge >= 0.3 is 0 Å². The first kappa shape index (κ1) is 43.2. The van der Waals surface area contributed by atoms with Crippen molar-refractivity contribution < 1.29 is 44.3 Å². The normalized spacial score (nSPS) is 23.3. The van der Waals surface area contributed by atoms with E-state index in [-0.39, 0.29) is 63.5 Å². The Hall–Kier alpha value is -6.06. The van der Waals surface area contributed by atoms with Gasteiger partial charge in [-0.15, -0.1) is 4.40 Å². The van der Waals surface area contributed by atoms with Crippen molar-refractivity contribution in [1.29, 1.82) is 0 Å². The lowest BCUT2D eigenvalue weighted by molar-refractivity contribution is -0.123. The summed E-state index contributed by atoms with van der Waals surface area (Å²) in [6, 6.07) is 11.9. The molecule has 0 bridgehead atoms. The molecule has 3 aromatic heterocycles. The van der Waals surface area contributed by atoms with Crippen LogP contribution >= 0.6 is 11.6 Å². The third-order valence-corrected chi connectivity index (χ3v) is 12.9. The SMILES string of the molecule is CN1NC(=NS(C)(=O)=O)C2(C)C(Cl)=CC=C(n3c([C@H](Cc4cc(F)cc(F)c4)NC(=O)Cn4nc(C(F)F)c5c4C(F)(F)[C@@H]4C[C@H]54)nc4nc(OCc5ccccc5)ccc4c3=O)C12. The number of hydrogen-bond donors (Lipinski definition) is 2. The molecule has 64 heavy (non-hydrogen) atoms. The fraction of sp³-hybridized carbons (Fsp3) is 0.333. The van der Waals surface area contributed by atoms with E-state index in [0.717, 1.165) is 28.5 Å². The predicted octanol–water partition coefficient (Wildman–Crippen LogP) is 6.25. The lowest BCUT2D eigenvalue weighted by Gasteiger charge is -2.37. The molecule has 334 valence electrons. The number of alkyl halides is 4. The predicted molar refractivity (Wildman–Crippen MR) is 221 cm³/mol. The average Bonchev–Trinajstić information content (AvgIpc) is 3.80. The number of amides is 1.